The number of likely N-dealkylation sites (N-methyl/N-ethyl adjacent to an activating group) is 1. The standard InChI is InChI=1S/C21H35N5O4S/c1-25(2)10-9-22-8-3-11-31(28,29)26-17-6-7-18(26)13-16(12-17)23-21(27)19-14-20(30-24-19)15-4-5-15/h14-18,22H,3-13H2,1-2H3,(H,23,27)/t16-,17+,18-. The number of hydrogen-bond donors (Lipinski definition) is 2. The van der Waals surface area contributed by atoms with Crippen LogP contribution in [0.3, 0.4) is 0 Å². The van der Waals surface area contributed by atoms with Crippen molar-refractivity contribution in [1.29, 1.82) is 0 Å². The van der Waals surface area contributed by atoms with Gasteiger partial charge in [0.05, 0.1) is 5.75 Å². The van der Waals surface area contributed by atoms with Crippen LogP contribution < -0.4 is 10.6 Å². The molecule has 3 heterocycles. The zero-order chi connectivity index (χ0) is 22.0. The molecule has 9 nitrogen and oxygen atoms in total. The summed E-state index contributed by atoms with van der Waals surface area (Å²) in [5.74, 6) is 1.17. The fourth-order valence-corrected chi connectivity index (χ4v) is 6.85. The molecule has 1 aromatic rings. The molecule has 2 aliphatic heterocycles. The maximum atomic E-state index is 13.0. The van der Waals surface area contributed by atoms with Gasteiger partial charge in [-0.05, 0) is 65.6 Å². The van der Waals surface area contributed by atoms with E-state index in [1.165, 1.54) is 0 Å². The van der Waals surface area contributed by atoms with E-state index in [0.29, 0.717) is 37.4 Å². The number of carbonyl (C=O) groups is 1. The first-order chi connectivity index (χ1) is 14.8. The molecule has 10 heteroatoms. The molecule has 174 valence electrons. The summed E-state index contributed by atoms with van der Waals surface area (Å²) in [6, 6.07) is 1.68. The Hall–Kier alpha value is -1.49. The Morgan fingerprint density at radius 3 is 2.55 bits per heavy atom. The first-order valence-corrected chi connectivity index (χ1v) is 13.1. The van der Waals surface area contributed by atoms with E-state index < -0.39 is 10.0 Å². The molecule has 2 bridgehead atoms. The lowest BCUT2D eigenvalue weighted by Gasteiger charge is -2.38. The van der Waals surface area contributed by atoms with Gasteiger partial charge in [0.1, 0.15) is 5.76 Å². The molecule has 3 atom stereocenters. The van der Waals surface area contributed by atoms with Gasteiger partial charge in [-0.15, -0.1) is 0 Å². The van der Waals surface area contributed by atoms with Crippen LogP contribution in [0.1, 0.15) is 67.1 Å². The Bertz CT molecular complexity index is 853. The Morgan fingerprint density at radius 1 is 1.19 bits per heavy atom. The minimum Gasteiger partial charge on any atom is -0.360 e. The molecular weight excluding hydrogens is 418 g/mol. The first kappa shape index (κ1) is 22.7. The van der Waals surface area contributed by atoms with Crippen molar-refractivity contribution in [2.75, 3.05) is 39.5 Å². The van der Waals surface area contributed by atoms with Gasteiger partial charge in [0.15, 0.2) is 5.69 Å². The van der Waals surface area contributed by atoms with E-state index in [-0.39, 0.29) is 29.8 Å². The quantitative estimate of drug-likeness (QED) is 0.484. The third kappa shape index (κ3) is 5.66. The van der Waals surface area contributed by atoms with Crippen molar-refractivity contribution in [2.45, 2.75) is 69.0 Å². The third-order valence-corrected chi connectivity index (χ3v) is 8.60. The van der Waals surface area contributed by atoms with Crippen LogP contribution in [0, 0.1) is 0 Å². The number of carbonyl (C=O) groups excluding carboxylic acids is 1. The van der Waals surface area contributed by atoms with E-state index in [1.54, 1.807) is 10.4 Å². The highest BCUT2D eigenvalue weighted by atomic mass is 32.2. The molecule has 2 saturated heterocycles. The molecule has 3 fully saturated rings. The summed E-state index contributed by atoms with van der Waals surface area (Å²) >= 11 is 0. The molecule has 4 rings (SSSR count). The van der Waals surface area contributed by atoms with E-state index in [1.807, 2.05) is 14.1 Å². The second-order valence-electron chi connectivity index (χ2n) is 9.47. The normalized spacial score (nSPS) is 26.5. The number of nitrogens with one attached hydrogen (secondary N) is 2. The topological polar surface area (TPSA) is 108 Å². The molecule has 0 aromatic carbocycles. The molecule has 3 aliphatic rings. The van der Waals surface area contributed by atoms with Gasteiger partial charge in [0.25, 0.3) is 5.91 Å². The molecule has 1 aliphatic carbocycles. The van der Waals surface area contributed by atoms with E-state index in [2.05, 4.69) is 20.7 Å². The fraction of sp³-hybridized carbons (Fsp3) is 0.810. The highest BCUT2D eigenvalue weighted by molar-refractivity contribution is 7.89. The Balaban J connectivity index is 1.25. The minimum atomic E-state index is -3.28. The minimum absolute atomic E-state index is 0.0184. The third-order valence-electron chi connectivity index (χ3n) is 6.55. The molecule has 0 unspecified atom stereocenters. The van der Waals surface area contributed by atoms with Crippen molar-refractivity contribution < 1.29 is 17.7 Å². The van der Waals surface area contributed by atoms with Crippen LogP contribution in [-0.4, -0.2) is 86.3 Å². The molecular formula is C21H35N5O4S. The van der Waals surface area contributed by atoms with Crippen molar-refractivity contribution in [3.8, 4) is 0 Å². The molecule has 2 N–H and O–H groups in total. The molecule has 1 amide bonds. The summed E-state index contributed by atoms with van der Waals surface area (Å²) in [5.41, 5.74) is 0.325. The summed E-state index contributed by atoms with van der Waals surface area (Å²) in [6.07, 6.45) is 5.87. The predicted octanol–water partition coefficient (Wildman–Crippen LogP) is 1.15. The van der Waals surface area contributed by atoms with Gasteiger partial charge in [-0.25, -0.2) is 8.42 Å². The van der Waals surface area contributed by atoms with E-state index >= 15 is 0 Å². The number of piperidine rings is 1. The number of rotatable bonds is 11. The summed E-state index contributed by atoms with van der Waals surface area (Å²) in [7, 11) is 0.755. The van der Waals surface area contributed by atoms with Gasteiger partial charge in [0.2, 0.25) is 10.0 Å². The van der Waals surface area contributed by atoms with E-state index in [0.717, 1.165) is 44.5 Å². The van der Waals surface area contributed by atoms with Crippen LogP contribution in [0.15, 0.2) is 10.6 Å². The predicted molar refractivity (Wildman–Crippen MR) is 117 cm³/mol. The molecule has 1 saturated carbocycles. The number of nitrogens with zero attached hydrogens (tertiary/aromatic N) is 3. The van der Waals surface area contributed by atoms with Crippen molar-refractivity contribution >= 4 is 15.9 Å². The first-order valence-electron chi connectivity index (χ1n) is 11.5. The van der Waals surface area contributed by atoms with Gasteiger partial charge in [0, 0.05) is 43.2 Å². The van der Waals surface area contributed by atoms with Crippen LogP contribution in [0.2, 0.25) is 0 Å². The molecule has 1 aromatic heterocycles. The van der Waals surface area contributed by atoms with Gasteiger partial charge < -0.3 is 20.1 Å². The van der Waals surface area contributed by atoms with Crippen molar-refractivity contribution in [1.82, 2.24) is 25.0 Å². The summed E-state index contributed by atoms with van der Waals surface area (Å²) < 4.78 is 33.0. The average molecular weight is 454 g/mol. The van der Waals surface area contributed by atoms with E-state index in [4.69, 9.17) is 4.52 Å². The highest BCUT2D eigenvalue weighted by Gasteiger charge is 2.46. The average Bonchev–Trinajstić information content (AvgIpc) is 3.36. The Kier molecular flexibility index (Phi) is 7.00. The number of hydrogen-bond acceptors (Lipinski definition) is 7. The molecule has 31 heavy (non-hydrogen) atoms. The number of aromatic nitrogens is 1. The fourth-order valence-electron chi connectivity index (χ4n) is 4.83. The van der Waals surface area contributed by atoms with Gasteiger partial charge in [-0.1, -0.05) is 5.16 Å². The Morgan fingerprint density at radius 2 is 1.90 bits per heavy atom. The van der Waals surface area contributed by atoms with Crippen molar-refractivity contribution in [3.63, 3.8) is 0 Å². The second kappa shape index (κ2) is 9.56. The smallest absolute Gasteiger partial charge is 0.273 e. The lowest BCUT2D eigenvalue weighted by molar-refractivity contribution is 0.0900. The van der Waals surface area contributed by atoms with E-state index in [9.17, 15) is 13.2 Å². The zero-order valence-electron chi connectivity index (χ0n) is 18.5. The Labute approximate surface area is 184 Å². The zero-order valence-corrected chi connectivity index (χ0v) is 19.4. The maximum Gasteiger partial charge on any atom is 0.273 e. The van der Waals surface area contributed by atoms with Crippen molar-refractivity contribution in [2.24, 2.45) is 0 Å². The van der Waals surface area contributed by atoms with Crippen LogP contribution in [0.4, 0.5) is 0 Å². The number of sulfonamides is 1. The monoisotopic (exact) mass is 453 g/mol. The van der Waals surface area contributed by atoms with Gasteiger partial charge in [-0.3, -0.25) is 4.79 Å². The summed E-state index contributed by atoms with van der Waals surface area (Å²) in [6.45, 7) is 2.50. The van der Waals surface area contributed by atoms with Gasteiger partial charge in [-0.2, -0.15) is 4.31 Å². The van der Waals surface area contributed by atoms with Crippen LogP contribution in [0.25, 0.3) is 0 Å². The lowest BCUT2D eigenvalue weighted by atomic mass is 9.99. The SMILES string of the molecule is CN(C)CCNCCCS(=O)(=O)N1[C@@H]2CC[C@H]1C[C@@H](NC(=O)c1cc(C3CC3)on1)C2. The number of fused-ring (bicyclic) bond motifs is 2. The summed E-state index contributed by atoms with van der Waals surface area (Å²) in [5, 5.41) is 10.3. The van der Waals surface area contributed by atoms with Gasteiger partial charge >= 0.3 is 0 Å². The molecule has 0 spiro atoms. The molecule has 0 radical (unpaired) electrons. The number of amides is 1. The van der Waals surface area contributed by atoms with Crippen molar-refractivity contribution in [3.05, 3.63) is 17.5 Å². The second-order valence-corrected chi connectivity index (χ2v) is 11.5. The van der Waals surface area contributed by atoms with Crippen LogP contribution >= 0.6 is 0 Å². The highest BCUT2D eigenvalue weighted by Crippen LogP contribution is 2.40. The lowest BCUT2D eigenvalue weighted by Crippen LogP contribution is -2.53. The maximum absolute atomic E-state index is 13.0. The largest absolute Gasteiger partial charge is 0.360 e. The summed E-state index contributed by atoms with van der Waals surface area (Å²) in [4.78, 5) is 14.7. The van der Waals surface area contributed by atoms with Crippen LogP contribution in [-0.2, 0) is 10.0 Å². The van der Waals surface area contributed by atoms with Crippen LogP contribution in [0.5, 0.6) is 0 Å².